The minimum atomic E-state index is -0.771. The Kier molecular flexibility index (Phi) is 4.08. The number of urea groups is 1. The van der Waals surface area contributed by atoms with Crippen molar-refractivity contribution in [2.75, 3.05) is 6.54 Å². The van der Waals surface area contributed by atoms with E-state index < -0.39 is 18.0 Å². The fourth-order valence-electron chi connectivity index (χ4n) is 2.78. The molecule has 0 aromatic carbocycles. The number of amides is 4. The van der Waals surface area contributed by atoms with Crippen molar-refractivity contribution in [2.45, 2.75) is 44.7 Å². The Balaban J connectivity index is 1.43. The van der Waals surface area contributed by atoms with E-state index in [0.29, 0.717) is 13.0 Å². The van der Waals surface area contributed by atoms with Crippen molar-refractivity contribution in [2.24, 2.45) is 0 Å². The zero-order chi connectivity index (χ0) is 15.5. The molecule has 8 nitrogen and oxygen atoms in total. The van der Waals surface area contributed by atoms with Crippen LogP contribution in [-0.2, 0) is 29.0 Å². The molecule has 0 radical (unpaired) electrons. The Bertz CT molecular complexity index is 586. The maximum atomic E-state index is 11.8. The number of aryl methyl sites for hydroxylation is 2. The molecule has 4 amide bonds. The zero-order valence-corrected chi connectivity index (χ0v) is 12.2. The van der Waals surface area contributed by atoms with Gasteiger partial charge in [0.25, 0.3) is 5.91 Å². The Hall–Kier alpha value is -2.38. The standard InChI is InChI=1S/C14H19N5O3/c20-12(7-10-13(21)18-14(22)17-10)15-5-4-9-8-19-6-2-1-3-11(19)16-9/h8,10H,1-7H2,(H,15,20)(H2,17,18,21,22). The van der Waals surface area contributed by atoms with Crippen molar-refractivity contribution in [3.63, 3.8) is 0 Å². The molecule has 0 bridgehead atoms. The van der Waals surface area contributed by atoms with Gasteiger partial charge in [0.15, 0.2) is 0 Å². The van der Waals surface area contributed by atoms with E-state index in [1.165, 1.54) is 12.8 Å². The van der Waals surface area contributed by atoms with Crippen LogP contribution in [0.1, 0.15) is 30.8 Å². The van der Waals surface area contributed by atoms with Crippen LogP contribution in [0.3, 0.4) is 0 Å². The summed E-state index contributed by atoms with van der Waals surface area (Å²) in [7, 11) is 0. The van der Waals surface area contributed by atoms with Gasteiger partial charge in [0.2, 0.25) is 5.91 Å². The van der Waals surface area contributed by atoms with Gasteiger partial charge in [-0.15, -0.1) is 0 Å². The molecular formula is C14H19N5O3. The highest BCUT2D eigenvalue weighted by Crippen LogP contribution is 2.14. The van der Waals surface area contributed by atoms with Crippen molar-refractivity contribution in [1.29, 1.82) is 0 Å². The molecule has 118 valence electrons. The second-order valence-electron chi connectivity index (χ2n) is 5.62. The van der Waals surface area contributed by atoms with Crippen molar-refractivity contribution < 1.29 is 14.4 Å². The smallest absolute Gasteiger partial charge is 0.322 e. The number of hydrogen-bond donors (Lipinski definition) is 3. The Morgan fingerprint density at radius 2 is 2.27 bits per heavy atom. The summed E-state index contributed by atoms with van der Waals surface area (Å²) in [6.07, 6.45) is 6.05. The van der Waals surface area contributed by atoms with Crippen LogP contribution in [0.2, 0.25) is 0 Å². The largest absolute Gasteiger partial charge is 0.356 e. The lowest BCUT2D eigenvalue weighted by Gasteiger charge is -2.11. The van der Waals surface area contributed by atoms with Gasteiger partial charge in [0.1, 0.15) is 11.9 Å². The van der Waals surface area contributed by atoms with Gasteiger partial charge in [-0.05, 0) is 12.8 Å². The summed E-state index contributed by atoms with van der Waals surface area (Å²) < 4.78 is 2.18. The molecule has 0 saturated carbocycles. The van der Waals surface area contributed by atoms with Crippen LogP contribution in [0.15, 0.2) is 6.20 Å². The molecule has 1 unspecified atom stereocenters. The molecule has 0 spiro atoms. The van der Waals surface area contributed by atoms with Crippen molar-refractivity contribution >= 4 is 17.8 Å². The average molecular weight is 305 g/mol. The first-order valence-electron chi connectivity index (χ1n) is 7.55. The number of rotatable bonds is 5. The Morgan fingerprint density at radius 3 is 3.00 bits per heavy atom. The first-order valence-corrected chi connectivity index (χ1v) is 7.55. The predicted molar refractivity (Wildman–Crippen MR) is 77.0 cm³/mol. The predicted octanol–water partition coefficient (Wildman–Crippen LogP) is -0.524. The molecule has 1 atom stereocenters. The maximum Gasteiger partial charge on any atom is 0.322 e. The van der Waals surface area contributed by atoms with Gasteiger partial charge in [-0.1, -0.05) is 0 Å². The molecule has 1 saturated heterocycles. The molecule has 8 heteroatoms. The van der Waals surface area contributed by atoms with Gasteiger partial charge in [-0.25, -0.2) is 9.78 Å². The van der Waals surface area contributed by atoms with Crippen LogP contribution < -0.4 is 16.0 Å². The van der Waals surface area contributed by atoms with E-state index in [1.807, 2.05) is 6.20 Å². The topological polar surface area (TPSA) is 105 Å². The van der Waals surface area contributed by atoms with E-state index >= 15 is 0 Å². The molecular weight excluding hydrogens is 286 g/mol. The molecule has 1 aromatic heterocycles. The van der Waals surface area contributed by atoms with Crippen LogP contribution in [0.4, 0.5) is 4.79 Å². The van der Waals surface area contributed by atoms with Crippen molar-refractivity contribution in [1.82, 2.24) is 25.5 Å². The second-order valence-corrected chi connectivity index (χ2v) is 5.62. The monoisotopic (exact) mass is 305 g/mol. The third kappa shape index (κ3) is 3.26. The molecule has 2 aliphatic rings. The Morgan fingerprint density at radius 1 is 1.41 bits per heavy atom. The molecule has 0 aliphatic carbocycles. The SMILES string of the molecule is O=C(CC1NC(=O)NC1=O)NCCc1cn2c(n1)CCCC2. The highest BCUT2D eigenvalue weighted by Gasteiger charge is 2.31. The molecule has 1 aromatic rings. The van der Waals surface area contributed by atoms with Gasteiger partial charge in [0.05, 0.1) is 12.1 Å². The molecule has 2 aliphatic heterocycles. The number of carbonyl (C=O) groups is 3. The third-order valence-electron chi connectivity index (χ3n) is 3.91. The number of aromatic nitrogens is 2. The van der Waals surface area contributed by atoms with Crippen molar-refractivity contribution in [3.8, 4) is 0 Å². The van der Waals surface area contributed by atoms with Crippen LogP contribution in [0, 0.1) is 0 Å². The molecule has 1 fully saturated rings. The molecule has 3 rings (SSSR count). The van der Waals surface area contributed by atoms with E-state index in [0.717, 1.165) is 24.5 Å². The number of carbonyl (C=O) groups excluding carboxylic acids is 3. The summed E-state index contributed by atoms with van der Waals surface area (Å²) in [6.45, 7) is 1.49. The van der Waals surface area contributed by atoms with Gasteiger partial charge >= 0.3 is 6.03 Å². The quantitative estimate of drug-likeness (QED) is 0.636. The highest BCUT2D eigenvalue weighted by atomic mass is 16.2. The first-order chi connectivity index (χ1) is 10.6. The van der Waals surface area contributed by atoms with Gasteiger partial charge in [-0.2, -0.15) is 0 Å². The lowest BCUT2D eigenvalue weighted by molar-refractivity contribution is -0.126. The van der Waals surface area contributed by atoms with Gasteiger partial charge in [-0.3, -0.25) is 14.9 Å². The summed E-state index contributed by atoms with van der Waals surface area (Å²) in [5, 5.41) is 7.25. The lowest BCUT2D eigenvalue weighted by Crippen LogP contribution is -2.36. The highest BCUT2D eigenvalue weighted by molar-refractivity contribution is 6.05. The zero-order valence-electron chi connectivity index (χ0n) is 12.2. The van der Waals surface area contributed by atoms with Gasteiger partial charge in [0, 0.05) is 32.1 Å². The number of imide groups is 1. The molecule has 3 N–H and O–H groups in total. The summed E-state index contributed by atoms with van der Waals surface area (Å²) in [6, 6.07) is -1.32. The van der Waals surface area contributed by atoms with Crippen molar-refractivity contribution in [3.05, 3.63) is 17.7 Å². The van der Waals surface area contributed by atoms with E-state index in [9.17, 15) is 14.4 Å². The average Bonchev–Trinajstić information content (AvgIpc) is 3.01. The summed E-state index contributed by atoms with van der Waals surface area (Å²) in [4.78, 5) is 38.6. The minimum absolute atomic E-state index is 0.0444. The molecule has 22 heavy (non-hydrogen) atoms. The van der Waals surface area contributed by atoms with E-state index in [-0.39, 0.29) is 12.3 Å². The number of fused-ring (bicyclic) bond motifs is 1. The van der Waals surface area contributed by atoms with Crippen LogP contribution in [0.25, 0.3) is 0 Å². The van der Waals surface area contributed by atoms with E-state index in [2.05, 4.69) is 25.5 Å². The fraction of sp³-hybridized carbons (Fsp3) is 0.571. The maximum absolute atomic E-state index is 11.8. The summed E-state index contributed by atoms with van der Waals surface area (Å²) in [5.41, 5.74) is 0.976. The van der Waals surface area contributed by atoms with E-state index in [4.69, 9.17) is 0 Å². The summed E-state index contributed by atoms with van der Waals surface area (Å²) >= 11 is 0. The first kappa shape index (κ1) is 14.6. The number of nitrogens with zero attached hydrogens (tertiary/aromatic N) is 2. The Labute approximate surface area is 127 Å². The van der Waals surface area contributed by atoms with Crippen LogP contribution in [0.5, 0.6) is 0 Å². The lowest BCUT2D eigenvalue weighted by atomic mass is 10.2. The number of imidazole rings is 1. The number of nitrogens with one attached hydrogen (secondary N) is 3. The second kappa shape index (κ2) is 6.17. The van der Waals surface area contributed by atoms with Crippen LogP contribution >= 0.6 is 0 Å². The fourth-order valence-corrected chi connectivity index (χ4v) is 2.78. The minimum Gasteiger partial charge on any atom is -0.356 e. The van der Waals surface area contributed by atoms with E-state index in [1.54, 1.807) is 0 Å². The normalized spacial score (nSPS) is 20.3. The molecule has 3 heterocycles. The van der Waals surface area contributed by atoms with Crippen LogP contribution in [-0.4, -0.2) is 40.0 Å². The summed E-state index contributed by atoms with van der Waals surface area (Å²) in [5.74, 6) is 0.408. The number of hydrogen-bond acceptors (Lipinski definition) is 4. The van der Waals surface area contributed by atoms with Gasteiger partial charge < -0.3 is 15.2 Å². The third-order valence-corrected chi connectivity index (χ3v) is 3.91.